The van der Waals surface area contributed by atoms with Gasteiger partial charge in [-0.3, -0.25) is 5.57 Å². The minimum Gasteiger partial charge on any atom is -0.497 e. The van der Waals surface area contributed by atoms with E-state index < -0.39 is 8.07 Å². The quantitative estimate of drug-likeness (QED) is 0.409. The molecule has 0 bridgehead atoms. The van der Waals surface area contributed by atoms with Crippen LogP contribution in [0.1, 0.15) is 39.0 Å². The number of unbranched alkanes of at least 4 members (excludes halogenated alkanes) is 1. The minimum atomic E-state index is -0.889. The van der Waals surface area contributed by atoms with Crippen LogP contribution in [0.4, 0.5) is 0 Å². The Morgan fingerprint density at radius 2 is 1.81 bits per heavy atom. The molecule has 0 heterocycles. The Morgan fingerprint density at radius 1 is 1.25 bits per heavy atom. The molecule has 0 aromatic rings. The van der Waals surface area contributed by atoms with Crippen molar-refractivity contribution < 1.29 is 25.8 Å². The number of allylic oxidation sites excluding steroid dienone is 2. The van der Waals surface area contributed by atoms with Crippen LogP contribution in [-0.4, -0.2) is 8.07 Å². The van der Waals surface area contributed by atoms with Gasteiger partial charge >= 0.3 is 0 Å². The third-order valence-corrected chi connectivity index (χ3v) is 6.01. The normalized spacial score (nSPS) is 19.0. The zero-order valence-corrected chi connectivity index (χ0v) is 17.2. The van der Waals surface area contributed by atoms with Gasteiger partial charge < -0.3 is 6.08 Å². The van der Waals surface area contributed by atoms with Crippen LogP contribution in [0.5, 0.6) is 0 Å². The second-order valence-corrected chi connectivity index (χ2v) is 10.9. The molecule has 96 valence electrons. The maximum atomic E-state index is 3.60. The summed E-state index contributed by atoms with van der Waals surface area (Å²) in [5.74, 6) is 0. The molecule has 0 N–H and O–H groups in total. The van der Waals surface area contributed by atoms with Crippen LogP contribution in [0, 0.1) is 6.08 Å². The van der Waals surface area contributed by atoms with Crippen LogP contribution in [0.3, 0.4) is 0 Å². The summed E-state index contributed by atoms with van der Waals surface area (Å²) in [5.41, 5.74) is 2.62. The first-order valence-corrected chi connectivity index (χ1v) is 9.20. The molecule has 4 heteroatoms. The summed E-state index contributed by atoms with van der Waals surface area (Å²) >= 11 is 0. The van der Waals surface area contributed by atoms with Gasteiger partial charge in [-0.15, -0.1) is 24.8 Å². The Bertz CT molecular complexity index is 200. The van der Waals surface area contributed by atoms with Gasteiger partial charge in [0.25, 0.3) is 0 Å². The number of hydrogen-bond donors (Lipinski definition) is 0. The largest absolute Gasteiger partial charge is 0.497 e. The van der Waals surface area contributed by atoms with E-state index in [0.717, 1.165) is 5.54 Å². The van der Waals surface area contributed by atoms with Crippen LogP contribution in [0.2, 0.25) is 25.2 Å². The molecule has 0 saturated carbocycles. The van der Waals surface area contributed by atoms with Crippen molar-refractivity contribution in [3.05, 3.63) is 11.6 Å². The Morgan fingerprint density at radius 3 is 2.19 bits per heavy atom. The third-order valence-electron chi connectivity index (χ3n) is 3.15. The standard InChI is InChI=1S/C12H23Si.2ClH.Hf/c1-5-6-7-11-8-9-12(10-11)13(2,3)4;;;/h12H,5-7,9-10H2,1-4H3;2*1H;/q-1;;;. The molecular weight excluding hydrogens is 422 g/mol. The number of rotatable bonds is 4. The molecule has 1 aliphatic rings. The predicted octanol–water partition coefficient (Wildman–Crippen LogP) is 5.25. The Labute approximate surface area is 134 Å². The van der Waals surface area contributed by atoms with Gasteiger partial charge in [-0.1, -0.05) is 57.8 Å². The molecule has 0 spiro atoms. The molecular formula is C12H25Cl2HfSi-. The van der Waals surface area contributed by atoms with Gasteiger partial charge in [-0.2, -0.15) is 6.42 Å². The SMILES string of the molecule is CCCCC1=[C-]CC([Si](C)(C)C)C1.Cl.Cl.[Hf]. The average Bonchev–Trinajstić information content (AvgIpc) is 2.47. The van der Waals surface area contributed by atoms with Gasteiger partial charge in [-0.25, -0.2) is 0 Å². The van der Waals surface area contributed by atoms with E-state index in [1.165, 1.54) is 32.1 Å². The molecule has 0 aliphatic heterocycles. The van der Waals surface area contributed by atoms with E-state index in [1.807, 2.05) is 0 Å². The molecule has 0 aromatic heterocycles. The van der Waals surface area contributed by atoms with Gasteiger partial charge in [0.15, 0.2) is 0 Å². The van der Waals surface area contributed by atoms with Crippen LogP contribution in [-0.2, 0) is 25.8 Å². The number of hydrogen-bond acceptors (Lipinski definition) is 0. The van der Waals surface area contributed by atoms with Crippen molar-refractivity contribution in [1.82, 2.24) is 0 Å². The zero-order chi connectivity index (χ0) is 9.90. The molecule has 0 aromatic carbocycles. The summed E-state index contributed by atoms with van der Waals surface area (Å²) in [6, 6.07) is 0. The van der Waals surface area contributed by atoms with E-state index in [4.69, 9.17) is 0 Å². The zero-order valence-electron chi connectivity index (χ0n) is 10.9. The van der Waals surface area contributed by atoms with Gasteiger partial charge in [-0.05, 0) is 0 Å². The molecule has 16 heavy (non-hydrogen) atoms. The molecule has 0 saturated heterocycles. The van der Waals surface area contributed by atoms with E-state index in [2.05, 4.69) is 32.6 Å². The molecule has 1 unspecified atom stereocenters. The molecule has 1 atom stereocenters. The van der Waals surface area contributed by atoms with Crippen molar-refractivity contribution in [2.24, 2.45) is 0 Å². The van der Waals surface area contributed by atoms with Crippen molar-refractivity contribution in [2.75, 3.05) is 0 Å². The van der Waals surface area contributed by atoms with Crippen molar-refractivity contribution in [3.8, 4) is 0 Å². The summed E-state index contributed by atoms with van der Waals surface area (Å²) in [6.45, 7) is 9.73. The van der Waals surface area contributed by atoms with Crippen molar-refractivity contribution in [2.45, 2.75) is 64.2 Å². The predicted molar refractivity (Wildman–Crippen MR) is 77.1 cm³/mol. The molecule has 0 amide bonds. The first-order chi connectivity index (χ1) is 6.04. The molecule has 0 nitrogen and oxygen atoms in total. The summed E-state index contributed by atoms with van der Waals surface area (Å²) in [6.07, 6.45) is 10.2. The summed E-state index contributed by atoms with van der Waals surface area (Å²) < 4.78 is 0. The van der Waals surface area contributed by atoms with Crippen LogP contribution >= 0.6 is 24.8 Å². The Kier molecular flexibility index (Phi) is 14.6. The van der Waals surface area contributed by atoms with Gasteiger partial charge in [0.1, 0.15) is 0 Å². The van der Waals surface area contributed by atoms with Gasteiger partial charge in [0.05, 0.1) is 0 Å². The van der Waals surface area contributed by atoms with Crippen molar-refractivity contribution >= 4 is 32.9 Å². The Balaban J connectivity index is -0.000000563. The van der Waals surface area contributed by atoms with E-state index in [1.54, 1.807) is 5.57 Å². The van der Waals surface area contributed by atoms with E-state index in [-0.39, 0.29) is 50.7 Å². The van der Waals surface area contributed by atoms with Crippen LogP contribution in [0.25, 0.3) is 0 Å². The molecule has 0 radical (unpaired) electrons. The number of halogens is 2. The fraction of sp³-hybridized carbons (Fsp3) is 0.833. The maximum Gasteiger partial charge on any atom is 0.0452 e. The minimum absolute atomic E-state index is 0. The monoisotopic (exact) mass is 447 g/mol. The van der Waals surface area contributed by atoms with Crippen molar-refractivity contribution in [3.63, 3.8) is 0 Å². The average molecular weight is 447 g/mol. The second-order valence-electron chi connectivity index (χ2n) is 5.36. The molecule has 1 rings (SSSR count). The smallest absolute Gasteiger partial charge is 0.0452 e. The fourth-order valence-electron chi connectivity index (χ4n) is 1.90. The van der Waals surface area contributed by atoms with E-state index >= 15 is 0 Å². The first kappa shape index (κ1) is 22.6. The van der Waals surface area contributed by atoms with E-state index in [9.17, 15) is 0 Å². The van der Waals surface area contributed by atoms with Crippen molar-refractivity contribution in [1.29, 1.82) is 0 Å². The molecule has 1 aliphatic carbocycles. The Hall–Kier alpha value is 1.41. The summed E-state index contributed by atoms with van der Waals surface area (Å²) in [7, 11) is -0.889. The maximum absolute atomic E-state index is 3.60. The second kappa shape index (κ2) is 10.3. The molecule has 0 fully saturated rings. The summed E-state index contributed by atoms with van der Waals surface area (Å²) in [5, 5.41) is 0. The van der Waals surface area contributed by atoms with E-state index in [0.29, 0.717) is 0 Å². The summed E-state index contributed by atoms with van der Waals surface area (Å²) in [4.78, 5) is 0. The van der Waals surface area contributed by atoms with Gasteiger partial charge in [0, 0.05) is 33.9 Å². The van der Waals surface area contributed by atoms with Crippen LogP contribution < -0.4 is 0 Å². The fourth-order valence-corrected chi connectivity index (χ4v) is 3.48. The topological polar surface area (TPSA) is 0 Å². The third kappa shape index (κ3) is 7.68. The van der Waals surface area contributed by atoms with Crippen LogP contribution in [0.15, 0.2) is 5.57 Å². The van der Waals surface area contributed by atoms with Gasteiger partial charge in [0.2, 0.25) is 0 Å². The first-order valence-electron chi connectivity index (χ1n) is 5.62.